The predicted octanol–water partition coefficient (Wildman–Crippen LogP) is 1.71. The zero-order chi connectivity index (χ0) is 15.5. The molecule has 1 aliphatic carbocycles. The second kappa shape index (κ2) is 7.40. The maximum atomic E-state index is 11.7. The molecule has 0 aromatic rings. The van der Waals surface area contributed by atoms with Crippen molar-refractivity contribution in [3.8, 4) is 0 Å². The summed E-state index contributed by atoms with van der Waals surface area (Å²) in [5.74, 6) is 7.73. The van der Waals surface area contributed by atoms with Gasteiger partial charge in [0.05, 0.1) is 6.26 Å². The molecule has 0 aromatic heterocycles. The number of sulfonamides is 1. The number of hydrogen-bond acceptors (Lipinski definition) is 4. The zero-order valence-electron chi connectivity index (χ0n) is 13.4. The van der Waals surface area contributed by atoms with Crippen molar-refractivity contribution in [2.24, 2.45) is 23.6 Å². The van der Waals surface area contributed by atoms with Crippen LogP contribution in [0.1, 0.15) is 51.9 Å². The molecule has 0 spiro atoms. The lowest BCUT2D eigenvalue weighted by molar-refractivity contribution is 0.178. The molecule has 0 bridgehead atoms. The molecule has 5 nitrogen and oxygen atoms in total. The van der Waals surface area contributed by atoms with E-state index in [1.165, 1.54) is 31.9 Å². The van der Waals surface area contributed by atoms with Gasteiger partial charge in [-0.2, -0.15) is 0 Å². The number of hydrazine groups is 1. The Balaban J connectivity index is 1.89. The first-order chi connectivity index (χ1) is 9.90. The molecule has 1 saturated carbocycles. The molecule has 2 atom stereocenters. The Morgan fingerprint density at radius 1 is 1.24 bits per heavy atom. The van der Waals surface area contributed by atoms with E-state index < -0.39 is 10.0 Å². The number of rotatable bonds is 5. The Hall–Kier alpha value is -0.170. The fraction of sp³-hybridized carbons (Fsp3) is 1.00. The number of piperidine rings is 1. The molecular formula is C15H31N3O2S. The standard InChI is InChI=1S/C15H31N3O2S/c1-12-5-7-14(8-6-12)15(17-16)10-13-4-3-9-18(11-13)21(2,19)20/h12-15,17H,3-11,16H2,1-2H3. The number of nitrogens with one attached hydrogen (secondary N) is 1. The van der Waals surface area contributed by atoms with E-state index in [1.54, 1.807) is 4.31 Å². The third-order valence-corrected chi connectivity index (χ3v) is 6.65. The van der Waals surface area contributed by atoms with Gasteiger partial charge in [-0.25, -0.2) is 12.7 Å². The average molecular weight is 317 g/mol. The molecule has 2 rings (SSSR count). The molecule has 2 aliphatic rings. The Morgan fingerprint density at radius 3 is 2.48 bits per heavy atom. The van der Waals surface area contributed by atoms with Gasteiger partial charge in [0.25, 0.3) is 0 Å². The second-order valence-corrected chi connectivity index (χ2v) is 9.14. The zero-order valence-corrected chi connectivity index (χ0v) is 14.2. The first-order valence-electron chi connectivity index (χ1n) is 8.31. The number of nitrogens with zero attached hydrogens (tertiary/aromatic N) is 1. The first-order valence-corrected chi connectivity index (χ1v) is 10.2. The van der Waals surface area contributed by atoms with Crippen LogP contribution in [-0.4, -0.2) is 38.1 Å². The summed E-state index contributed by atoms with van der Waals surface area (Å²) >= 11 is 0. The fourth-order valence-electron chi connectivity index (χ4n) is 3.96. The molecule has 0 amide bonds. The van der Waals surface area contributed by atoms with Crippen molar-refractivity contribution >= 4 is 10.0 Å². The first kappa shape index (κ1) is 17.2. The van der Waals surface area contributed by atoms with Crippen LogP contribution in [0, 0.1) is 17.8 Å². The summed E-state index contributed by atoms with van der Waals surface area (Å²) in [6.07, 6.45) is 9.49. The molecular weight excluding hydrogens is 286 g/mol. The van der Waals surface area contributed by atoms with Crippen LogP contribution >= 0.6 is 0 Å². The lowest BCUT2D eigenvalue weighted by atomic mass is 9.76. The van der Waals surface area contributed by atoms with Gasteiger partial charge in [-0.05, 0) is 49.9 Å². The minimum atomic E-state index is -3.05. The van der Waals surface area contributed by atoms with Crippen LogP contribution in [-0.2, 0) is 10.0 Å². The summed E-state index contributed by atoms with van der Waals surface area (Å²) in [7, 11) is -3.05. The molecule has 0 radical (unpaired) electrons. The van der Waals surface area contributed by atoms with Gasteiger partial charge in [0.1, 0.15) is 0 Å². The van der Waals surface area contributed by atoms with Crippen molar-refractivity contribution in [1.82, 2.24) is 9.73 Å². The Morgan fingerprint density at radius 2 is 1.90 bits per heavy atom. The highest BCUT2D eigenvalue weighted by molar-refractivity contribution is 7.88. The Kier molecular flexibility index (Phi) is 6.05. The summed E-state index contributed by atoms with van der Waals surface area (Å²) in [4.78, 5) is 0. The van der Waals surface area contributed by atoms with Crippen molar-refractivity contribution in [3.63, 3.8) is 0 Å². The quantitative estimate of drug-likeness (QED) is 0.598. The van der Waals surface area contributed by atoms with Gasteiger partial charge in [0.2, 0.25) is 10.0 Å². The van der Waals surface area contributed by atoms with Gasteiger partial charge in [-0.15, -0.1) is 0 Å². The molecule has 124 valence electrons. The maximum Gasteiger partial charge on any atom is 0.211 e. The van der Waals surface area contributed by atoms with Gasteiger partial charge < -0.3 is 0 Å². The second-order valence-electron chi connectivity index (χ2n) is 7.16. The van der Waals surface area contributed by atoms with Gasteiger partial charge in [-0.1, -0.05) is 19.8 Å². The van der Waals surface area contributed by atoms with Crippen LogP contribution < -0.4 is 11.3 Å². The van der Waals surface area contributed by atoms with Crippen LogP contribution in [0.25, 0.3) is 0 Å². The minimum absolute atomic E-state index is 0.335. The molecule has 3 N–H and O–H groups in total. The fourth-order valence-corrected chi connectivity index (χ4v) is 4.91. The van der Waals surface area contributed by atoms with Crippen LogP contribution in [0.15, 0.2) is 0 Å². The molecule has 1 saturated heterocycles. The van der Waals surface area contributed by atoms with Crippen molar-refractivity contribution in [2.75, 3.05) is 19.3 Å². The van der Waals surface area contributed by atoms with E-state index >= 15 is 0 Å². The lowest BCUT2D eigenvalue weighted by Gasteiger charge is -2.37. The monoisotopic (exact) mass is 317 g/mol. The van der Waals surface area contributed by atoms with E-state index in [4.69, 9.17) is 5.84 Å². The summed E-state index contributed by atoms with van der Waals surface area (Å²) in [5.41, 5.74) is 3.02. The summed E-state index contributed by atoms with van der Waals surface area (Å²) in [6.45, 7) is 3.67. The molecule has 0 aromatic carbocycles. The molecule has 2 fully saturated rings. The molecule has 1 aliphatic heterocycles. The predicted molar refractivity (Wildman–Crippen MR) is 86.0 cm³/mol. The highest BCUT2D eigenvalue weighted by Crippen LogP contribution is 2.33. The van der Waals surface area contributed by atoms with E-state index in [1.807, 2.05) is 0 Å². The topological polar surface area (TPSA) is 75.4 Å². The van der Waals surface area contributed by atoms with E-state index in [-0.39, 0.29) is 0 Å². The smallest absolute Gasteiger partial charge is 0.211 e. The van der Waals surface area contributed by atoms with E-state index in [9.17, 15) is 8.42 Å². The van der Waals surface area contributed by atoms with E-state index in [2.05, 4.69) is 12.3 Å². The summed E-state index contributed by atoms with van der Waals surface area (Å²) < 4.78 is 25.1. The number of hydrogen-bond donors (Lipinski definition) is 2. The molecule has 21 heavy (non-hydrogen) atoms. The third-order valence-electron chi connectivity index (χ3n) is 5.38. The highest BCUT2D eigenvalue weighted by atomic mass is 32.2. The van der Waals surface area contributed by atoms with Gasteiger partial charge in [0, 0.05) is 19.1 Å². The van der Waals surface area contributed by atoms with Crippen LogP contribution in [0.5, 0.6) is 0 Å². The Labute approximate surface area is 129 Å². The molecule has 1 heterocycles. The largest absolute Gasteiger partial charge is 0.271 e. The molecule has 6 heteroatoms. The normalized spacial score (nSPS) is 33.8. The van der Waals surface area contributed by atoms with Crippen molar-refractivity contribution < 1.29 is 8.42 Å². The maximum absolute atomic E-state index is 11.7. The summed E-state index contributed by atoms with van der Waals surface area (Å²) in [6, 6.07) is 0.335. The van der Waals surface area contributed by atoms with Gasteiger partial charge >= 0.3 is 0 Å². The molecule has 2 unspecified atom stereocenters. The van der Waals surface area contributed by atoms with Crippen molar-refractivity contribution in [3.05, 3.63) is 0 Å². The van der Waals surface area contributed by atoms with Gasteiger partial charge in [0.15, 0.2) is 0 Å². The van der Waals surface area contributed by atoms with Crippen LogP contribution in [0.2, 0.25) is 0 Å². The van der Waals surface area contributed by atoms with Crippen LogP contribution in [0.3, 0.4) is 0 Å². The van der Waals surface area contributed by atoms with Crippen molar-refractivity contribution in [1.29, 1.82) is 0 Å². The van der Waals surface area contributed by atoms with Crippen molar-refractivity contribution in [2.45, 2.75) is 57.9 Å². The highest BCUT2D eigenvalue weighted by Gasteiger charge is 2.31. The number of nitrogens with two attached hydrogens (primary N) is 1. The van der Waals surface area contributed by atoms with Crippen LogP contribution in [0.4, 0.5) is 0 Å². The minimum Gasteiger partial charge on any atom is -0.271 e. The van der Waals surface area contributed by atoms with E-state index in [0.29, 0.717) is 31.0 Å². The lowest BCUT2D eigenvalue weighted by Crippen LogP contribution is -2.46. The summed E-state index contributed by atoms with van der Waals surface area (Å²) in [5, 5.41) is 0. The third kappa shape index (κ3) is 4.91. The Bertz CT molecular complexity index is 419. The SMILES string of the molecule is CC1CCC(C(CC2CCCN(S(C)(=O)=O)C2)NN)CC1. The van der Waals surface area contributed by atoms with E-state index in [0.717, 1.165) is 25.2 Å². The van der Waals surface area contributed by atoms with Gasteiger partial charge in [-0.3, -0.25) is 11.3 Å². The average Bonchev–Trinajstić information content (AvgIpc) is 2.45.